The molecule has 9 heteroatoms. The third-order valence-electron chi connectivity index (χ3n) is 5.83. The van der Waals surface area contributed by atoms with Gasteiger partial charge in [-0.1, -0.05) is 30.3 Å². The Balaban J connectivity index is 0.00000320. The Kier molecular flexibility index (Phi) is 9.83. The number of hydrogen-bond donors (Lipinski definition) is 2. The van der Waals surface area contributed by atoms with Gasteiger partial charge in [0, 0.05) is 44.3 Å². The fourth-order valence-electron chi connectivity index (χ4n) is 4.38. The van der Waals surface area contributed by atoms with Gasteiger partial charge in [0.1, 0.15) is 0 Å². The van der Waals surface area contributed by atoms with E-state index in [-0.39, 0.29) is 30.0 Å². The van der Waals surface area contributed by atoms with Crippen molar-refractivity contribution in [3.63, 3.8) is 0 Å². The summed E-state index contributed by atoms with van der Waals surface area (Å²) >= 11 is 0. The number of hydrogen-bond acceptors (Lipinski definition) is 4. The summed E-state index contributed by atoms with van der Waals surface area (Å²) in [6.07, 6.45) is 4.14. The lowest BCUT2D eigenvalue weighted by Crippen LogP contribution is -2.45. The van der Waals surface area contributed by atoms with Gasteiger partial charge < -0.3 is 10.6 Å². The molecule has 0 bridgehead atoms. The monoisotopic (exact) mass is 549 g/mol. The first kappa shape index (κ1) is 25.4. The standard InChI is InChI=1S/C21H35N5O2S.HI/c1-4-22-21(23-14-20-11-8-12-26(20)29(3,27)28)24-19-13-17(2)25(16-19)15-18-9-6-5-7-10-18;/h5-7,9-10,17,19-20H,4,8,11-16H2,1-3H3,(H2,22,23,24);1H/t17?,19?,20-;/m1./s1. The molecule has 2 saturated heterocycles. The van der Waals surface area contributed by atoms with Gasteiger partial charge in [0.25, 0.3) is 0 Å². The minimum atomic E-state index is -3.16. The molecule has 2 heterocycles. The molecule has 2 aliphatic rings. The van der Waals surface area contributed by atoms with Crippen molar-refractivity contribution >= 4 is 40.0 Å². The fourth-order valence-corrected chi connectivity index (χ4v) is 5.55. The van der Waals surface area contributed by atoms with Crippen LogP contribution in [0.1, 0.15) is 38.7 Å². The first-order chi connectivity index (χ1) is 13.9. The SMILES string of the molecule is CCNC(=NC[C@H]1CCCN1S(C)(=O)=O)NC1CC(C)N(Cc2ccccc2)C1.I. The molecular formula is C21H36IN5O2S. The summed E-state index contributed by atoms with van der Waals surface area (Å²) in [6.45, 7) is 8.14. The molecule has 2 N–H and O–H groups in total. The number of aliphatic imine (C=N–C) groups is 1. The number of rotatable bonds is 7. The number of likely N-dealkylation sites (tertiary alicyclic amines) is 1. The summed E-state index contributed by atoms with van der Waals surface area (Å²) in [5.41, 5.74) is 1.34. The van der Waals surface area contributed by atoms with Gasteiger partial charge in [0.2, 0.25) is 10.0 Å². The van der Waals surface area contributed by atoms with E-state index < -0.39 is 10.0 Å². The van der Waals surface area contributed by atoms with E-state index in [1.54, 1.807) is 4.31 Å². The zero-order chi connectivity index (χ0) is 20.9. The molecule has 0 aromatic heterocycles. The molecule has 7 nitrogen and oxygen atoms in total. The van der Waals surface area contributed by atoms with Crippen LogP contribution in [0, 0.1) is 0 Å². The van der Waals surface area contributed by atoms with Crippen molar-refractivity contribution in [1.29, 1.82) is 0 Å². The van der Waals surface area contributed by atoms with Crippen LogP contribution in [0.3, 0.4) is 0 Å². The number of nitrogens with one attached hydrogen (secondary N) is 2. The molecule has 2 unspecified atom stereocenters. The van der Waals surface area contributed by atoms with Gasteiger partial charge in [0.15, 0.2) is 5.96 Å². The highest BCUT2D eigenvalue weighted by Gasteiger charge is 2.32. The van der Waals surface area contributed by atoms with Crippen LogP contribution < -0.4 is 10.6 Å². The van der Waals surface area contributed by atoms with Crippen molar-refractivity contribution in [2.45, 2.75) is 57.8 Å². The van der Waals surface area contributed by atoms with Crippen LogP contribution in [0.5, 0.6) is 0 Å². The minimum absolute atomic E-state index is 0. The predicted molar refractivity (Wildman–Crippen MR) is 134 cm³/mol. The molecule has 170 valence electrons. The second-order valence-electron chi connectivity index (χ2n) is 8.23. The second-order valence-corrected chi connectivity index (χ2v) is 10.2. The molecule has 0 amide bonds. The van der Waals surface area contributed by atoms with Crippen LogP contribution in [0.4, 0.5) is 0 Å². The highest BCUT2D eigenvalue weighted by Crippen LogP contribution is 2.21. The molecule has 30 heavy (non-hydrogen) atoms. The zero-order valence-corrected chi connectivity index (χ0v) is 21.4. The van der Waals surface area contributed by atoms with E-state index in [2.05, 4.69) is 59.7 Å². The van der Waals surface area contributed by atoms with Gasteiger partial charge in [-0.2, -0.15) is 4.31 Å². The van der Waals surface area contributed by atoms with Crippen LogP contribution in [-0.2, 0) is 16.6 Å². The Morgan fingerprint density at radius 3 is 2.67 bits per heavy atom. The lowest BCUT2D eigenvalue weighted by Gasteiger charge is -2.22. The van der Waals surface area contributed by atoms with E-state index in [4.69, 9.17) is 4.99 Å². The molecule has 2 fully saturated rings. The summed E-state index contributed by atoms with van der Waals surface area (Å²) in [4.78, 5) is 7.23. The number of guanidine groups is 1. The van der Waals surface area contributed by atoms with Crippen molar-refractivity contribution in [3.8, 4) is 0 Å². The molecule has 3 rings (SSSR count). The van der Waals surface area contributed by atoms with Crippen LogP contribution in [-0.4, -0.2) is 74.1 Å². The normalized spacial score (nSPS) is 25.8. The fraction of sp³-hybridized carbons (Fsp3) is 0.667. The largest absolute Gasteiger partial charge is 0.357 e. The summed E-state index contributed by atoms with van der Waals surface area (Å²) in [6, 6.07) is 11.4. The lowest BCUT2D eigenvalue weighted by atomic mass is 10.2. The van der Waals surface area contributed by atoms with Gasteiger partial charge in [-0.05, 0) is 38.7 Å². The maximum absolute atomic E-state index is 12.0. The second kappa shape index (κ2) is 11.6. The summed E-state index contributed by atoms with van der Waals surface area (Å²) in [5, 5.41) is 6.89. The Labute approximate surface area is 198 Å². The average molecular weight is 550 g/mol. The highest BCUT2D eigenvalue weighted by molar-refractivity contribution is 14.0. The van der Waals surface area contributed by atoms with Crippen molar-refractivity contribution in [1.82, 2.24) is 19.8 Å². The minimum Gasteiger partial charge on any atom is -0.357 e. The molecule has 0 aliphatic carbocycles. The molecule has 0 saturated carbocycles. The molecule has 3 atom stereocenters. The molecule has 1 aromatic rings. The Hall–Kier alpha value is -0.910. The molecule has 2 aliphatic heterocycles. The van der Waals surface area contributed by atoms with Gasteiger partial charge in [-0.15, -0.1) is 24.0 Å². The van der Waals surface area contributed by atoms with Gasteiger partial charge in [-0.25, -0.2) is 8.42 Å². The van der Waals surface area contributed by atoms with Crippen LogP contribution in [0.25, 0.3) is 0 Å². The molecular weight excluding hydrogens is 513 g/mol. The molecule has 0 spiro atoms. The third kappa shape index (κ3) is 7.06. The number of halogens is 1. The highest BCUT2D eigenvalue weighted by atomic mass is 127. The average Bonchev–Trinajstić information content (AvgIpc) is 3.27. The van der Waals surface area contributed by atoms with E-state index in [1.807, 2.05) is 0 Å². The maximum Gasteiger partial charge on any atom is 0.211 e. The summed E-state index contributed by atoms with van der Waals surface area (Å²) in [5.74, 6) is 0.784. The Morgan fingerprint density at radius 2 is 2.00 bits per heavy atom. The van der Waals surface area contributed by atoms with Crippen LogP contribution in [0.2, 0.25) is 0 Å². The topological polar surface area (TPSA) is 77.0 Å². The predicted octanol–water partition coefficient (Wildman–Crippen LogP) is 2.25. The lowest BCUT2D eigenvalue weighted by molar-refractivity contribution is 0.258. The number of nitrogens with zero attached hydrogens (tertiary/aromatic N) is 3. The quantitative estimate of drug-likeness (QED) is 0.310. The van der Waals surface area contributed by atoms with Gasteiger partial charge in [0.05, 0.1) is 12.8 Å². The zero-order valence-electron chi connectivity index (χ0n) is 18.3. The third-order valence-corrected chi connectivity index (χ3v) is 7.16. The van der Waals surface area contributed by atoms with E-state index in [9.17, 15) is 8.42 Å². The number of benzene rings is 1. The van der Waals surface area contributed by atoms with E-state index in [0.717, 1.165) is 44.9 Å². The number of sulfonamides is 1. The van der Waals surface area contributed by atoms with E-state index in [0.29, 0.717) is 25.2 Å². The summed E-state index contributed by atoms with van der Waals surface area (Å²) in [7, 11) is -3.16. The van der Waals surface area contributed by atoms with Crippen molar-refractivity contribution in [3.05, 3.63) is 35.9 Å². The first-order valence-corrected chi connectivity index (χ1v) is 12.5. The maximum atomic E-state index is 12.0. The van der Waals surface area contributed by atoms with Gasteiger partial charge >= 0.3 is 0 Å². The first-order valence-electron chi connectivity index (χ1n) is 10.7. The Morgan fingerprint density at radius 1 is 1.27 bits per heavy atom. The smallest absolute Gasteiger partial charge is 0.211 e. The van der Waals surface area contributed by atoms with Crippen molar-refractivity contribution < 1.29 is 8.42 Å². The van der Waals surface area contributed by atoms with Crippen LogP contribution in [0.15, 0.2) is 35.3 Å². The van der Waals surface area contributed by atoms with E-state index in [1.165, 1.54) is 11.8 Å². The molecule has 1 aromatic carbocycles. The van der Waals surface area contributed by atoms with Gasteiger partial charge in [-0.3, -0.25) is 9.89 Å². The van der Waals surface area contributed by atoms with Crippen LogP contribution >= 0.6 is 24.0 Å². The summed E-state index contributed by atoms with van der Waals surface area (Å²) < 4.78 is 25.5. The molecule has 0 radical (unpaired) electrons. The van der Waals surface area contributed by atoms with Crippen molar-refractivity contribution in [2.75, 3.05) is 32.4 Å². The van der Waals surface area contributed by atoms with E-state index >= 15 is 0 Å². The van der Waals surface area contributed by atoms with Crippen molar-refractivity contribution in [2.24, 2.45) is 4.99 Å². The Bertz CT molecular complexity index is 790.